The summed E-state index contributed by atoms with van der Waals surface area (Å²) in [4.78, 5) is 134. The first-order valence-corrected chi connectivity index (χ1v) is 28.7. The molecule has 7 amide bonds. The summed E-state index contributed by atoms with van der Waals surface area (Å²) >= 11 is 0. The molecule has 0 radical (unpaired) electrons. The van der Waals surface area contributed by atoms with Crippen molar-refractivity contribution >= 4 is 69.1 Å². The molecule has 0 aliphatic carbocycles. The number of hydrogen-bond donors (Lipinski definition) is 16. The van der Waals surface area contributed by atoms with E-state index in [0.717, 1.165) is 21.8 Å². The van der Waals surface area contributed by atoms with Gasteiger partial charge in [0, 0.05) is 83.7 Å². The number of nitrogens with zero attached hydrogens (tertiary/aromatic N) is 2. The van der Waals surface area contributed by atoms with E-state index in [9.17, 15) is 43.5 Å². The number of H-pyrrole nitrogens is 4. The molecule has 6 aromatic rings. The van der Waals surface area contributed by atoms with E-state index >= 15 is 0 Å². The van der Waals surface area contributed by atoms with Gasteiger partial charge in [0.2, 0.25) is 41.4 Å². The van der Waals surface area contributed by atoms with Gasteiger partial charge in [-0.2, -0.15) is 0 Å². The van der Waals surface area contributed by atoms with Crippen molar-refractivity contribution in [1.29, 1.82) is 0 Å². The summed E-state index contributed by atoms with van der Waals surface area (Å²) in [6.45, 7) is 4.67. The number of aromatic amines is 4. The average Bonchev–Trinajstić information content (AvgIpc) is 4.36. The molecule has 4 aromatic heterocycles. The molecule has 0 fully saturated rings. The summed E-state index contributed by atoms with van der Waals surface area (Å²) in [6.07, 6.45) is 12.4. The molecule has 454 valence electrons. The molecule has 20 N–H and O–H groups in total. The highest BCUT2D eigenvalue weighted by Gasteiger charge is 2.36. The van der Waals surface area contributed by atoms with Crippen LogP contribution in [0.5, 0.6) is 0 Å². The minimum absolute atomic E-state index is 0.0266. The van der Waals surface area contributed by atoms with Gasteiger partial charge in [0.05, 0.1) is 18.7 Å². The molecule has 4 heterocycles. The molecule has 0 aliphatic rings. The molecule has 2 aromatic carbocycles. The van der Waals surface area contributed by atoms with E-state index in [4.69, 9.17) is 22.9 Å². The van der Waals surface area contributed by atoms with Crippen LogP contribution in [0.1, 0.15) is 101 Å². The summed E-state index contributed by atoms with van der Waals surface area (Å²) in [5.41, 5.74) is 27.4. The van der Waals surface area contributed by atoms with Crippen molar-refractivity contribution in [3.63, 3.8) is 0 Å². The number of imidazole rings is 2. The van der Waals surface area contributed by atoms with Gasteiger partial charge in [0.15, 0.2) is 0 Å². The molecule has 26 heteroatoms. The van der Waals surface area contributed by atoms with Crippen LogP contribution < -0.4 is 60.2 Å². The van der Waals surface area contributed by atoms with E-state index in [0.29, 0.717) is 80.6 Å². The van der Waals surface area contributed by atoms with Crippen LogP contribution in [-0.2, 0) is 64.0 Å². The lowest BCUT2D eigenvalue weighted by atomic mass is 9.99. The molecule has 0 bridgehead atoms. The van der Waals surface area contributed by atoms with E-state index in [1.165, 1.54) is 25.0 Å². The van der Waals surface area contributed by atoms with Crippen LogP contribution >= 0.6 is 0 Å². The van der Waals surface area contributed by atoms with Crippen LogP contribution in [0.25, 0.3) is 21.8 Å². The van der Waals surface area contributed by atoms with Crippen LogP contribution in [-0.4, -0.2) is 150 Å². The summed E-state index contributed by atoms with van der Waals surface area (Å²) < 4.78 is 0. The highest BCUT2D eigenvalue weighted by atomic mass is 16.4. The standard InChI is InChI=1S/C58H83N17O9/c1-34(2)23-46(54(79)75-50(58(83)84)25-36-29-66-43-17-6-4-14-40(36)43)72-55(80)47(24-35-28-65-42-16-5-3-13-39(35)42)73-52(77)44(18-8-11-21-60)70-57(82)49(27-38-31-64-33-68-38)74-53(78)45(19-9-12-22-61)69-56(81)48(26-37-30-63-32-67-37)71-51(76)41(62)15-7-10-20-59/h3-6,13-14,16-17,28-34,41,44-50,65-66H,7-12,15,18-27,59-62H2,1-2H3,(H,63,67)(H,64,68)(H,69,81)(H,70,82)(H,71,76)(H,72,80)(H,73,77)(H,74,78)(H,75,79)(H,83,84)/t41-,44-,45-,46-,47+,48+,49+,50+/m0/s1. The van der Waals surface area contributed by atoms with Gasteiger partial charge in [-0.15, -0.1) is 0 Å². The molecule has 0 saturated carbocycles. The Labute approximate surface area is 487 Å². The SMILES string of the molecule is CC(C)C[C@H](NC(=O)[C@@H](Cc1c[nH]c2ccccc12)NC(=O)[C@H](CCCCN)NC(=O)[C@@H](Cc1cnc[nH]1)NC(=O)[C@H](CCCCN)NC(=O)[C@@H](Cc1cnc[nH]1)NC(=O)[C@@H](N)CCCCN)C(=O)N[C@H](Cc1c[nH]c2ccccc12)C(=O)O. The number of carbonyl (C=O) groups excluding carboxylic acids is 7. The normalized spacial score (nSPS) is 14.3. The average molecular weight is 1160 g/mol. The largest absolute Gasteiger partial charge is 0.480 e. The van der Waals surface area contributed by atoms with E-state index in [-0.39, 0.29) is 57.4 Å². The van der Waals surface area contributed by atoms with Gasteiger partial charge in [0.25, 0.3) is 0 Å². The fraction of sp³-hybridized carbons (Fsp3) is 0.483. The van der Waals surface area contributed by atoms with Crippen LogP contribution in [0.3, 0.4) is 0 Å². The van der Waals surface area contributed by atoms with Gasteiger partial charge in [-0.3, -0.25) is 33.6 Å². The van der Waals surface area contributed by atoms with E-state index in [1.54, 1.807) is 12.4 Å². The monoisotopic (exact) mass is 1160 g/mol. The second-order valence-electron chi connectivity index (χ2n) is 21.5. The van der Waals surface area contributed by atoms with Crippen LogP contribution in [0.15, 0.2) is 86.0 Å². The summed E-state index contributed by atoms with van der Waals surface area (Å²) in [7, 11) is 0. The van der Waals surface area contributed by atoms with Crippen molar-refractivity contribution in [2.45, 2.75) is 152 Å². The number of rotatable bonds is 37. The molecule has 0 aliphatic heterocycles. The zero-order valence-corrected chi connectivity index (χ0v) is 47.7. The highest BCUT2D eigenvalue weighted by Crippen LogP contribution is 2.22. The number of carbonyl (C=O) groups is 8. The Kier molecular flexibility index (Phi) is 25.4. The number of unbranched alkanes of at least 4 members (excludes halogenated alkanes) is 3. The maximum Gasteiger partial charge on any atom is 0.326 e. The Balaban J connectivity index is 1.24. The van der Waals surface area contributed by atoms with Crippen molar-refractivity contribution in [1.82, 2.24) is 67.1 Å². The van der Waals surface area contributed by atoms with Crippen molar-refractivity contribution in [2.24, 2.45) is 28.9 Å². The summed E-state index contributed by atoms with van der Waals surface area (Å²) in [5, 5.41) is 31.3. The van der Waals surface area contributed by atoms with Crippen LogP contribution in [0.4, 0.5) is 0 Å². The molecule has 6 rings (SSSR count). The molecule has 0 spiro atoms. The Morgan fingerprint density at radius 3 is 1.26 bits per heavy atom. The minimum atomic E-state index is -1.38. The van der Waals surface area contributed by atoms with Gasteiger partial charge in [-0.1, -0.05) is 56.7 Å². The third-order valence-electron chi connectivity index (χ3n) is 14.5. The Hall–Kier alpha value is -8.46. The number of amides is 7. The number of carboxylic acid groups (broad SMARTS) is 1. The van der Waals surface area contributed by atoms with Gasteiger partial charge in [-0.25, -0.2) is 14.8 Å². The third kappa shape index (κ3) is 19.6. The lowest BCUT2D eigenvalue weighted by Crippen LogP contribution is -2.61. The molecule has 8 atom stereocenters. The number of nitrogens with one attached hydrogen (secondary N) is 11. The Morgan fingerprint density at radius 1 is 0.464 bits per heavy atom. The smallest absolute Gasteiger partial charge is 0.326 e. The fourth-order valence-electron chi connectivity index (χ4n) is 9.88. The first-order valence-electron chi connectivity index (χ1n) is 28.7. The van der Waals surface area contributed by atoms with Gasteiger partial charge in [0.1, 0.15) is 42.3 Å². The number of hydrogen-bond acceptors (Lipinski definition) is 14. The number of aliphatic carboxylic acids is 1. The van der Waals surface area contributed by atoms with Crippen LogP contribution in [0, 0.1) is 5.92 Å². The maximum absolute atomic E-state index is 14.8. The van der Waals surface area contributed by atoms with Crippen molar-refractivity contribution in [3.05, 3.63) is 108 Å². The van der Waals surface area contributed by atoms with Crippen molar-refractivity contribution in [2.75, 3.05) is 19.6 Å². The first kappa shape index (κ1) is 64.7. The predicted molar refractivity (Wildman–Crippen MR) is 316 cm³/mol. The second-order valence-corrected chi connectivity index (χ2v) is 21.5. The third-order valence-corrected chi connectivity index (χ3v) is 14.5. The molecular formula is C58H83N17O9. The lowest BCUT2D eigenvalue weighted by Gasteiger charge is -2.28. The van der Waals surface area contributed by atoms with Gasteiger partial charge in [-0.05, 0) is 107 Å². The predicted octanol–water partition coefficient (Wildman–Crippen LogP) is 0.605. The topological polar surface area (TPSA) is 434 Å². The molecule has 0 saturated heterocycles. The number of para-hydroxylation sites is 2. The van der Waals surface area contributed by atoms with E-state index < -0.39 is 95.7 Å². The number of carboxylic acids is 1. The lowest BCUT2D eigenvalue weighted by molar-refractivity contribution is -0.142. The number of fused-ring (bicyclic) bond motifs is 2. The van der Waals surface area contributed by atoms with Crippen molar-refractivity contribution in [3.8, 4) is 0 Å². The van der Waals surface area contributed by atoms with Gasteiger partial charge >= 0.3 is 5.97 Å². The Morgan fingerprint density at radius 2 is 0.833 bits per heavy atom. The number of aromatic nitrogens is 6. The zero-order valence-electron chi connectivity index (χ0n) is 47.7. The van der Waals surface area contributed by atoms with E-state index in [1.807, 2.05) is 62.4 Å². The fourth-order valence-corrected chi connectivity index (χ4v) is 9.88. The molecule has 26 nitrogen and oxygen atoms in total. The summed E-state index contributed by atoms with van der Waals surface area (Å²) in [5.74, 6) is -6.53. The Bertz CT molecular complexity index is 3070. The molecule has 84 heavy (non-hydrogen) atoms. The zero-order chi connectivity index (χ0) is 60.5. The minimum Gasteiger partial charge on any atom is -0.480 e. The van der Waals surface area contributed by atoms with Crippen molar-refractivity contribution < 1.29 is 43.5 Å². The van der Waals surface area contributed by atoms with Crippen LogP contribution in [0.2, 0.25) is 0 Å². The first-order chi connectivity index (χ1) is 40.5. The second kappa shape index (κ2) is 33.0. The highest BCUT2D eigenvalue weighted by molar-refractivity contribution is 5.98. The van der Waals surface area contributed by atoms with Gasteiger partial charge < -0.3 is 85.2 Å². The quantitative estimate of drug-likeness (QED) is 0.0238. The molecular weight excluding hydrogens is 1080 g/mol. The summed E-state index contributed by atoms with van der Waals surface area (Å²) in [6, 6.07) is 4.71. The maximum atomic E-state index is 14.8. The number of nitrogens with two attached hydrogens (primary N) is 4. The van der Waals surface area contributed by atoms with E-state index in [2.05, 4.69) is 67.1 Å². The number of benzene rings is 2. The molecule has 0 unspecified atom stereocenters.